The van der Waals surface area contributed by atoms with Gasteiger partial charge in [-0.3, -0.25) is 9.48 Å². The molecule has 0 radical (unpaired) electrons. The Bertz CT molecular complexity index is 1200. The maximum absolute atomic E-state index is 12.8. The van der Waals surface area contributed by atoms with E-state index in [1.54, 1.807) is 35.9 Å². The largest absolute Gasteiger partial charge is 0.350 e. The topological polar surface area (TPSA) is 43.1 Å². The SMILES string of the molecule is Cc1cc(-c2ccc3c(C)cn(C)c3c2)ccc1N(C)C(=O)c1ccnn1C. The van der Waals surface area contributed by atoms with Crippen LogP contribution < -0.4 is 4.90 Å². The van der Waals surface area contributed by atoms with Gasteiger partial charge in [-0.2, -0.15) is 5.10 Å². The summed E-state index contributed by atoms with van der Waals surface area (Å²) in [6.07, 6.45) is 3.79. The van der Waals surface area contributed by atoms with Crippen LogP contribution in [-0.2, 0) is 14.1 Å². The second kappa shape index (κ2) is 6.68. The number of carbonyl (C=O) groups excluding carboxylic acids is 1. The lowest BCUT2D eigenvalue weighted by molar-refractivity contribution is 0.0984. The number of fused-ring (bicyclic) bond motifs is 1. The zero-order valence-electron chi connectivity index (χ0n) is 16.9. The summed E-state index contributed by atoms with van der Waals surface area (Å²) in [5.74, 6) is -0.0726. The van der Waals surface area contributed by atoms with Gasteiger partial charge < -0.3 is 9.47 Å². The third-order valence-corrected chi connectivity index (χ3v) is 5.43. The fourth-order valence-electron chi connectivity index (χ4n) is 3.84. The fraction of sp³-hybridized carbons (Fsp3) is 0.217. The first kappa shape index (κ1) is 18.0. The molecule has 4 rings (SSSR count). The van der Waals surface area contributed by atoms with Gasteiger partial charge in [-0.15, -0.1) is 0 Å². The van der Waals surface area contributed by atoms with Gasteiger partial charge in [0.05, 0.1) is 0 Å². The third-order valence-electron chi connectivity index (χ3n) is 5.43. The standard InChI is InChI=1S/C23H24N4O/c1-15-12-17(18-6-8-19-16(2)14-25(3)22(19)13-18)7-9-20(15)26(4)23(28)21-10-11-24-27(21)5/h6-14H,1-5H3. The summed E-state index contributed by atoms with van der Waals surface area (Å²) in [6.45, 7) is 4.17. The average molecular weight is 372 g/mol. The molecule has 0 fully saturated rings. The van der Waals surface area contributed by atoms with Crippen LogP contribution in [0.1, 0.15) is 21.6 Å². The molecule has 0 spiro atoms. The Hall–Kier alpha value is -3.34. The van der Waals surface area contributed by atoms with Gasteiger partial charge in [-0.05, 0) is 60.4 Å². The number of aryl methyl sites for hydroxylation is 4. The Morgan fingerprint density at radius 2 is 1.68 bits per heavy atom. The molecular weight excluding hydrogens is 348 g/mol. The molecule has 0 N–H and O–H groups in total. The lowest BCUT2D eigenvalue weighted by Gasteiger charge is -2.20. The zero-order valence-corrected chi connectivity index (χ0v) is 16.9. The Morgan fingerprint density at radius 1 is 0.964 bits per heavy atom. The average Bonchev–Trinajstić information content (AvgIpc) is 3.23. The summed E-state index contributed by atoms with van der Waals surface area (Å²) in [7, 11) is 5.65. The monoisotopic (exact) mass is 372 g/mol. The van der Waals surface area contributed by atoms with Crippen molar-refractivity contribution < 1.29 is 4.79 Å². The van der Waals surface area contributed by atoms with Crippen molar-refractivity contribution in [2.24, 2.45) is 14.1 Å². The molecule has 0 aliphatic carbocycles. The molecular formula is C23H24N4O. The van der Waals surface area contributed by atoms with E-state index in [1.165, 1.54) is 22.0 Å². The molecule has 5 nitrogen and oxygen atoms in total. The van der Waals surface area contributed by atoms with Crippen LogP contribution in [0.25, 0.3) is 22.0 Å². The first-order chi connectivity index (χ1) is 13.4. The smallest absolute Gasteiger partial charge is 0.276 e. The first-order valence-electron chi connectivity index (χ1n) is 9.29. The molecule has 0 saturated carbocycles. The van der Waals surface area contributed by atoms with Gasteiger partial charge in [0, 0.05) is 50.1 Å². The zero-order chi connectivity index (χ0) is 20.0. The highest BCUT2D eigenvalue weighted by molar-refractivity contribution is 6.05. The summed E-state index contributed by atoms with van der Waals surface area (Å²) in [6, 6.07) is 14.5. The molecule has 2 aromatic heterocycles. The van der Waals surface area contributed by atoms with Crippen molar-refractivity contribution in [3.63, 3.8) is 0 Å². The van der Waals surface area contributed by atoms with Crippen molar-refractivity contribution >= 4 is 22.5 Å². The van der Waals surface area contributed by atoms with Gasteiger partial charge in [0.2, 0.25) is 0 Å². The number of anilines is 1. The van der Waals surface area contributed by atoms with Crippen LogP contribution in [0.5, 0.6) is 0 Å². The summed E-state index contributed by atoms with van der Waals surface area (Å²) >= 11 is 0. The summed E-state index contributed by atoms with van der Waals surface area (Å²) in [5, 5.41) is 5.37. The van der Waals surface area contributed by atoms with E-state index in [0.717, 1.165) is 16.8 Å². The number of nitrogens with zero attached hydrogens (tertiary/aromatic N) is 4. The molecule has 1 amide bonds. The number of hydrogen-bond donors (Lipinski definition) is 0. The fourth-order valence-corrected chi connectivity index (χ4v) is 3.84. The molecule has 5 heteroatoms. The maximum atomic E-state index is 12.8. The number of carbonyl (C=O) groups is 1. The van der Waals surface area contributed by atoms with E-state index in [4.69, 9.17) is 0 Å². The highest BCUT2D eigenvalue weighted by atomic mass is 16.2. The highest BCUT2D eigenvalue weighted by Crippen LogP contribution is 2.30. The van der Waals surface area contributed by atoms with E-state index < -0.39 is 0 Å². The third kappa shape index (κ3) is 2.89. The van der Waals surface area contributed by atoms with Crippen molar-refractivity contribution in [1.82, 2.24) is 14.3 Å². The van der Waals surface area contributed by atoms with Crippen molar-refractivity contribution in [2.75, 3.05) is 11.9 Å². The van der Waals surface area contributed by atoms with Crippen molar-refractivity contribution in [1.29, 1.82) is 0 Å². The van der Waals surface area contributed by atoms with Gasteiger partial charge >= 0.3 is 0 Å². The Labute approximate surface area is 164 Å². The summed E-state index contributed by atoms with van der Waals surface area (Å²) < 4.78 is 3.76. The van der Waals surface area contributed by atoms with Crippen LogP contribution in [0.3, 0.4) is 0 Å². The molecule has 0 atom stereocenters. The predicted molar refractivity (Wildman–Crippen MR) is 114 cm³/mol. The Balaban J connectivity index is 1.69. The normalized spacial score (nSPS) is 11.2. The van der Waals surface area contributed by atoms with Crippen molar-refractivity contribution in [3.05, 3.63) is 71.7 Å². The van der Waals surface area contributed by atoms with Crippen LogP contribution in [0.15, 0.2) is 54.9 Å². The van der Waals surface area contributed by atoms with Crippen LogP contribution >= 0.6 is 0 Å². The van der Waals surface area contributed by atoms with Gasteiger partial charge in [0.25, 0.3) is 5.91 Å². The van der Waals surface area contributed by atoms with E-state index in [0.29, 0.717) is 5.69 Å². The lowest BCUT2D eigenvalue weighted by Crippen LogP contribution is -2.28. The van der Waals surface area contributed by atoms with Crippen molar-refractivity contribution in [3.8, 4) is 11.1 Å². The molecule has 142 valence electrons. The van der Waals surface area contributed by atoms with Gasteiger partial charge in [-0.25, -0.2) is 0 Å². The van der Waals surface area contributed by atoms with E-state index >= 15 is 0 Å². The van der Waals surface area contributed by atoms with Crippen LogP contribution in [0.2, 0.25) is 0 Å². The predicted octanol–water partition coefficient (Wildman–Crippen LogP) is 4.47. The minimum absolute atomic E-state index is 0.0726. The van der Waals surface area contributed by atoms with E-state index in [1.807, 2.05) is 13.0 Å². The van der Waals surface area contributed by atoms with Gasteiger partial charge in [0.15, 0.2) is 0 Å². The molecule has 0 aliphatic rings. The molecule has 28 heavy (non-hydrogen) atoms. The maximum Gasteiger partial charge on any atom is 0.276 e. The van der Waals surface area contributed by atoms with Crippen LogP contribution in [0.4, 0.5) is 5.69 Å². The summed E-state index contributed by atoms with van der Waals surface area (Å²) in [5.41, 5.74) is 7.33. The first-order valence-corrected chi connectivity index (χ1v) is 9.29. The molecule has 4 aromatic rings. The molecule has 0 unspecified atom stereocenters. The molecule has 0 bridgehead atoms. The minimum Gasteiger partial charge on any atom is -0.350 e. The molecule has 2 aromatic carbocycles. The molecule has 2 heterocycles. The quantitative estimate of drug-likeness (QED) is 0.532. The van der Waals surface area contributed by atoms with E-state index in [9.17, 15) is 4.79 Å². The number of rotatable bonds is 3. The van der Waals surface area contributed by atoms with Gasteiger partial charge in [0.1, 0.15) is 5.69 Å². The summed E-state index contributed by atoms with van der Waals surface area (Å²) in [4.78, 5) is 14.5. The van der Waals surface area contributed by atoms with Crippen LogP contribution in [0, 0.1) is 13.8 Å². The number of amides is 1. The number of benzene rings is 2. The highest BCUT2D eigenvalue weighted by Gasteiger charge is 2.18. The van der Waals surface area contributed by atoms with Crippen LogP contribution in [-0.4, -0.2) is 27.3 Å². The Kier molecular flexibility index (Phi) is 4.30. The number of hydrogen-bond acceptors (Lipinski definition) is 2. The molecule has 0 saturated heterocycles. The number of aromatic nitrogens is 3. The van der Waals surface area contributed by atoms with Crippen molar-refractivity contribution in [2.45, 2.75) is 13.8 Å². The second-order valence-electron chi connectivity index (χ2n) is 7.36. The second-order valence-corrected chi connectivity index (χ2v) is 7.36. The van der Waals surface area contributed by atoms with E-state index in [-0.39, 0.29) is 5.91 Å². The minimum atomic E-state index is -0.0726. The van der Waals surface area contributed by atoms with E-state index in [2.05, 4.69) is 60.2 Å². The molecule has 0 aliphatic heterocycles. The lowest BCUT2D eigenvalue weighted by atomic mass is 10.0. The Morgan fingerprint density at radius 3 is 2.36 bits per heavy atom. The van der Waals surface area contributed by atoms with Gasteiger partial charge in [-0.1, -0.05) is 18.2 Å².